The third-order valence-corrected chi connectivity index (χ3v) is 3.15. The minimum Gasteiger partial charge on any atom is -0.456 e. The summed E-state index contributed by atoms with van der Waals surface area (Å²) in [5.74, 6) is 1.62. The maximum Gasteiger partial charge on any atom is 0.141 e. The fourth-order valence-corrected chi connectivity index (χ4v) is 1.94. The van der Waals surface area contributed by atoms with Crippen LogP contribution in [-0.2, 0) is 6.54 Å². The van der Waals surface area contributed by atoms with Crippen molar-refractivity contribution in [3.8, 4) is 11.5 Å². The topological polar surface area (TPSA) is 35.2 Å². The molecule has 2 nitrogen and oxygen atoms in total. The number of para-hydroxylation sites is 1. The summed E-state index contributed by atoms with van der Waals surface area (Å²) in [5, 5.41) is 0. The molecule has 0 amide bonds. The predicted molar refractivity (Wildman–Crippen MR) is 73.3 cm³/mol. The van der Waals surface area contributed by atoms with Crippen molar-refractivity contribution in [2.45, 2.75) is 13.5 Å². The second-order valence-corrected chi connectivity index (χ2v) is 4.70. The Hall–Kier alpha value is -1.32. The molecule has 0 spiro atoms. The van der Waals surface area contributed by atoms with Crippen LogP contribution in [0.4, 0.5) is 0 Å². The monoisotopic (exact) mass is 291 g/mol. The lowest BCUT2D eigenvalue weighted by Gasteiger charge is -2.12. The summed E-state index contributed by atoms with van der Waals surface area (Å²) in [4.78, 5) is 0. The molecule has 0 aliphatic heterocycles. The van der Waals surface area contributed by atoms with Crippen molar-refractivity contribution in [3.63, 3.8) is 0 Å². The molecule has 3 heteroatoms. The summed E-state index contributed by atoms with van der Waals surface area (Å²) in [6.45, 7) is 2.51. The molecule has 0 aliphatic rings. The van der Waals surface area contributed by atoms with Crippen LogP contribution < -0.4 is 10.5 Å². The van der Waals surface area contributed by atoms with Gasteiger partial charge >= 0.3 is 0 Å². The van der Waals surface area contributed by atoms with Gasteiger partial charge in [-0.15, -0.1) is 0 Å². The molecule has 2 aromatic carbocycles. The van der Waals surface area contributed by atoms with Gasteiger partial charge in [0.2, 0.25) is 0 Å². The minimum absolute atomic E-state index is 0.472. The molecule has 88 valence electrons. The Morgan fingerprint density at radius 2 is 1.88 bits per heavy atom. The van der Waals surface area contributed by atoms with E-state index in [9.17, 15) is 0 Å². The molecule has 2 rings (SSSR count). The summed E-state index contributed by atoms with van der Waals surface area (Å²) >= 11 is 3.46. The van der Waals surface area contributed by atoms with E-state index >= 15 is 0 Å². The highest BCUT2D eigenvalue weighted by molar-refractivity contribution is 9.10. The Kier molecular flexibility index (Phi) is 3.82. The molecule has 2 aromatic rings. The third-order valence-electron chi connectivity index (χ3n) is 2.50. The Morgan fingerprint density at radius 3 is 2.59 bits per heavy atom. The van der Waals surface area contributed by atoms with Crippen molar-refractivity contribution >= 4 is 15.9 Å². The number of hydrogen-bond acceptors (Lipinski definition) is 2. The van der Waals surface area contributed by atoms with Gasteiger partial charge in [-0.3, -0.25) is 0 Å². The van der Waals surface area contributed by atoms with Crippen molar-refractivity contribution in [3.05, 3.63) is 58.1 Å². The van der Waals surface area contributed by atoms with Crippen LogP contribution in [0, 0.1) is 6.92 Å². The minimum atomic E-state index is 0.472. The Morgan fingerprint density at radius 1 is 1.12 bits per heavy atom. The van der Waals surface area contributed by atoms with Gasteiger partial charge < -0.3 is 10.5 Å². The highest BCUT2D eigenvalue weighted by Gasteiger charge is 2.06. The van der Waals surface area contributed by atoms with Gasteiger partial charge in [0.05, 0.1) is 4.47 Å². The van der Waals surface area contributed by atoms with Gasteiger partial charge in [0.25, 0.3) is 0 Å². The second-order valence-electron chi connectivity index (χ2n) is 3.85. The van der Waals surface area contributed by atoms with Gasteiger partial charge in [-0.2, -0.15) is 0 Å². The quantitative estimate of drug-likeness (QED) is 0.927. The van der Waals surface area contributed by atoms with Crippen LogP contribution in [-0.4, -0.2) is 0 Å². The fourth-order valence-electron chi connectivity index (χ4n) is 1.57. The van der Waals surface area contributed by atoms with Crippen LogP contribution in [0.3, 0.4) is 0 Å². The first-order valence-corrected chi connectivity index (χ1v) is 6.22. The van der Waals surface area contributed by atoms with Crippen LogP contribution in [0.2, 0.25) is 0 Å². The molecular weight excluding hydrogens is 278 g/mol. The summed E-state index contributed by atoms with van der Waals surface area (Å²) < 4.78 is 6.82. The summed E-state index contributed by atoms with van der Waals surface area (Å²) in [6, 6.07) is 13.8. The molecule has 0 atom stereocenters. The van der Waals surface area contributed by atoms with Crippen molar-refractivity contribution in [1.82, 2.24) is 0 Å². The van der Waals surface area contributed by atoms with E-state index in [1.807, 2.05) is 49.4 Å². The van der Waals surface area contributed by atoms with Crippen LogP contribution in [0.15, 0.2) is 46.9 Å². The average Bonchev–Trinajstić information content (AvgIpc) is 2.32. The number of benzene rings is 2. The summed E-state index contributed by atoms with van der Waals surface area (Å²) in [5.41, 5.74) is 7.86. The van der Waals surface area contributed by atoms with Crippen molar-refractivity contribution in [2.24, 2.45) is 5.73 Å². The predicted octanol–water partition coefficient (Wildman–Crippen LogP) is 4.01. The van der Waals surface area contributed by atoms with E-state index in [1.54, 1.807) is 0 Å². The van der Waals surface area contributed by atoms with E-state index < -0.39 is 0 Å². The molecule has 0 fully saturated rings. The van der Waals surface area contributed by atoms with Crippen LogP contribution >= 0.6 is 15.9 Å². The normalized spacial score (nSPS) is 10.3. The van der Waals surface area contributed by atoms with Crippen molar-refractivity contribution < 1.29 is 4.74 Å². The molecule has 0 saturated carbocycles. The standard InChI is InChI=1S/C14H14BrNO/c1-10-6-7-11(9-16)14(8-10)17-13-5-3-2-4-12(13)15/h2-8H,9,16H2,1H3. The average molecular weight is 292 g/mol. The lowest BCUT2D eigenvalue weighted by molar-refractivity contribution is 0.473. The van der Waals surface area contributed by atoms with Crippen molar-refractivity contribution in [1.29, 1.82) is 0 Å². The van der Waals surface area contributed by atoms with Crippen LogP contribution in [0.5, 0.6) is 11.5 Å². The Bertz CT molecular complexity index is 525. The van der Waals surface area contributed by atoms with Gasteiger partial charge in [-0.25, -0.2) is 0 Å². The Labute approximate surface area is 110 Å². The highest BCUT2D eigenvalue weighted by Crippen LogP contribution is 2.31. The van der Waals surface area contributed by atoms with Gasteiger partial charge in [-0.05, 0) is 46.6 Å². The van der Waals surface area contributed by atoms with E-state index in [0.717, 1.165) is 27.1 Å². The molecule has 0 aromatic heterocycles. The zero-order chi connectivity index (χ0) is 12.3. The first-order chi connectivity index (χ1) is 8.20. The summed E-state index contributed by atoms with van der Waals surface area (Å²) in [6.07, 6.45) is 0. The first kappa shape index (κ1) is 12.1. The molecule has 0 radical (unpaired) electrons. The van der Waals surface area contributed by atoms with E-state index in [-0.39, 0.29) is 0 Å². The van der Waals surface area contributed by atoms with Gasteiger partial charge in [0.15, 0.2) is 0 Å². The Balaban J connectivity index is 2.35. The molecule has 0 bridgehead atoms. The molecule has 0 heterocycles. The van der Waals surface area contributed by atoms with Crippen molar-refractivity contribution in [2.75, 3.05) is 0 Å². The molecule has 0 unspecified atom stereocenters. The van der Waals surface area contributed by atoms with Gasteiger partial charge in [-0.1, -0.05) is 24.3 Å². The smallest absolute Gasteiger partial charge is 0.141 e. The molecule has 17 heavy (non-hydrogen) atoms. The number of rotatable bonds is 3. The lowest BCUT2D eigenvalue weighted by atomic mass is 10.1. The van der Waals surface area contributed by atoms with Gasteiger partial charge in [0, 0.05) is 12.1 Å². The maximum absolute atomic E-state index is 5.89. The van der Waals surface area contributed by atoms with Gasteiger partial charge in [0.1, 0.15) is 11.5 Å². The number of hydrogen-bond donors (Lipinski definition) is 1. The molecular formula is C14H14BrNO. The zero-order valence-corrected chi connectivity index (χ0v) is 11.2. The maximum atomic E-state index is 5.89. The highest BCUT2D eigenvalue weighted by atomic mass is 79.9. The van der Waals surface area contributed by atoms with Crippen LogP contribution in [0.1, 0.15) is 11.1 Å². The molecule has 0 aliphatic carbocycles. The van der Waals surface area contributed by atoms with Crippen LogP contribution in [0.25, 0.3) is 0 Å². The number of ether oxygens (including phenoxy) is 1. The van der Waals surface area contributed by atoms with E-state index in [2.05, 4.69) is 15.9 Å². The van der Waals surface area contributed by atoms with E-state index in [1.165, 1.54) is 0 Å². The molecule has 2 N–H and O–H groups in total. The lowest BCUT2D eigenvalue weighted by Crippen LogP contribution is -1.99. The first-order valence-electron chi connectivity index (χ1n) is 5.42. The molecule has 0 saturated heterocycles. The number of nitrogens with two attached hydrogens (primary N) is 1. The second kappa shape index (κ2) is 5.34. The third kappa shape index (κ3) is 2.87. The zero-order valence-electron chi connectivity index (χ0n) is 9.61. The van der Waals surface area contributed by atoms with E-state index in [0.29, 0.717) is 6.54 Å². The summed E-state index contributed by atoms with van der Waals surface area (Å²) in [7, 11) is 0. The SMILES string of the molecule is Cc1ccc(CN)c(Oc2ccccc2Br)c1. The largest absolute Gasteiger partial charge is 0.456 e. The number of halogens is 1. The fraction of sp³-hybridized carbons (Fsp3) is 0.143. The van der Waals surface area contributed by atoms with E-state index in [4.69, 9.17) is 10.5 Å². The number of aryl methyl sites for hydroxylation is 1.